The molecule has 0 saturated carbocycles. The summed E-state index contributed by atoms with van der Waals surface area (Å²) in [7, 11) is 0. The van der Waals surface area contributed by atoms with Crippen molar-refractivity contribution in [1.29, 1.82) is 0 Å². The Bertz CT molecular complexity index is 465. The maximum absolute atomic E-state index is 10.4. The minimum Gasteiger partial charge on any atom is -0.258 e. The van der Waals surface area contributed by atoms with Crippen molar-refractivity contribution < 1.29 is 4.92 Å². The van der Waals surface area contributed by atoms with E-state index in [0.29, 0.717) is 0 Å². The first-order valence-corrected chi connectivity index (χ1v) is 3.82. The highest BCUT2D eigenvalue weighted by atomic mass is 16.6. The van der Waals surface area contributed by atoms with Gasteiger partial charge in [0.2, 0.25) is 0 Å². The first-order valence-electron chi connectivity index (χ1n) is 3.82. The van der Waals surface area contributed by atoms with Crippen LogP contribution in [-0.2, 0) is 0 Å². The first kappa shape index (κ1) is 7.73. The van der Waals surface area contributed by atoms with E-state index in [2.05, 4.69) is 6.07 Å². The molecular weight excluding hydrogens is 166 g/mol. The SMILES string of the molecule is O=[N+]([O-])c1ccc2[c]cccc2c1. The number of nitrogens with zero attached hydrogens (tertiary/aromatic N) is 1. The van der Waals surface area contributed by atoms with Crippen LogP contribution in [0.4, 0.5) is 5.69 Å². The lowest BCUT2D eigenvalue weighted by Crippen LogP contribution is -1.86. The number of hydrogen-bond donors (Lipinski definition) is 0. The zero-order valence-corrected chi connectivity index (χ0v) is 6.73. The molecule has 0 heterocycles. The second-order valence-electron chi connectivity index (χ2n) is 2.70. The van der Waals surface area contributed by atoms with Crippen LogP contribution in [0.15, 0.2) is 36.4 Å². The lowest BCUT2D eigenvalue weighted by Gasteiger charge is -1.95. The predicted molar refractivity (Wildman–Crippen MR) is 49.4 cm³/mol. The van der Waals surface area contributed by atoms with Crippen molar-refractivity contribution in [3.8, 4) is 0 Å². The zero-order chi connectivity index (χ0) is 9.26. The van der Waals surface area contributed by atoms with Gasteiger partial charge in [-0.15, -0.1) is 0 Å². The topological polar surface area (TPSA) is 43.1 Å². The van der Waals surface area contributed by atoms with Gasteiger partial charge in [-0.1, -0.05) is 18.2 Å². The Labute approximate surface area is 74.8 Å². The van der Waals surface area contributed by atoms with E-state index < -0.39 is 4.92 Å². The van der Waals surface area contributed by atoms with Gasteiger partial charge in [-0.2, -0.15) is 0 Å². The molecular formula is C10H6NO2. The quantitative estimate of drug-likeness (QED) is 0.490. The fourth-order valence-corrected chi connectivity index (χ4v) is 1.22. The van der Waals surface area contributed by atoms with Gasteiger partial charge in [-0.05, 0) is 22.9 Å². The smallest absolute Gasteiger partial charge is 0.258 e. The standard InChI is InChI=1S/C10H6NO2/c12-11(13)10-6-5-8-3-1-2-4-9(8)7-10/h1-2,4-7H. The van der Waals surface area contributed by atoms with Crippen LogP contribution in [0.1, 0.15) is 0 Å². The largest absolute Gasteiger partial charge is 0.270 e. The Kier molecular flexibility index (Phi) is 1.70. The molecule has 0 saturated heterocycles. The summed E-state index contributed by atoms with van der Waals surface area (Å²) in [6.45, 7) is 0. The van der Waals surface area contributed by atoms with E-state index in [-0.39, 0.29) is 5.69 Å². The van der Waals surface area contributed by atoms with Gasteiger partial charge in [0, 0.05) is 12.1 Å². The van der Waals surface area contributed by atoms with Crippen LogP contribution in [0.5, 0.6) is 0 Å². The summed E-state index contributed by atoms with van der Waals surface area (Å²) >= 11 is 0. The van der Waals surface area contributed by atoms with Gasteiger partial charge in [0.15, 0.2) is 0 Å². The van der Waals surface area contributed by atoms with Crippen LogP contribution < -0.4 is 0 Å². The fraction of sp³-hybridized carbons (Fsp3) is 0. The van der Waals surface area contributed by atoms with E-state index in [1.165, 1.54) is 6.07 Å². The molecule has 13 heavy (non-hydrogen) atoms. The van der Waals surface area contributed by atoms with Gasteiger partial charge in [0.05, 0.1) is 4.92 Å². The highest BCUT2D eigenvalue weighted by molar-refractivity contribution is 5.83. The fourth-order valence-electron chi connectivity index (χ4n) is 1.22. The van der Waals surface area contributed by atoms with E-state index in [9.17, 15) is 10.1 Å². The van der Waals surface area contributed by atoms with Crippen molar-refractivity contribution >= 4 is 16.5 Å². The number of nitro groups is 1. The minimum atomic E-state index is -0.396. The highest BCUT2D eigenvalue weighted by Crippen LogP contribution is 2.19. The maximum Gasteiger partial charge on any atom is 0.270 e. The lowest BCUT2D eigenvalue weighted by molar-refractivity contribution is -0.384. The van der Waals surface area contributed by atoms with Gasteiger partial charge in [0.1, 0.15) is 0 Å². The maximum atomic E-state index is 10.4. The van der Waals surface area contributed by atoms with Gasteiger partial charge in [0.25, 0.3) is 5.69 Å². The molecule has 3 heteroatoms. The summed E-state index contributed by atoms with van der Waals surface area (Å²) in [5.41, 5.74) is 0.118. The van der Waals surface area contributed by atoms with Crippen LogP contribution >= 0.6 is 0 Å². The summed E-state index contributed by atoms with van der Waals surface area (Å²) in [6, 6.07) is 13.2. The van der Waals surface area contributed by atoms with Crippen LogP contribution in [0.25, 0.3) is 10.8 Å². The highest BCUT2D eigenvalue weighted by Gasteiger charge is 2.04. The summed E-state index contributed by atoms with van der Waals surface area (Å²) in [6.07, 6.45) is 0. The van der Waals surface area contributed by atoms with Crippen molar-refractivity contribution in [2.45, 2.75) is 0 Å². The number of hydrogen-bond acceptors (Lipinski definition) is 2. The molecule has 0 fully saturated rings. The normalized spacial score (nSPS) is 10.2. The first-order chi connectivity index (χ1) is 6.27. The molecule has 1 radical (unpaired) electrons. The molecule has 2 aromatic rings. The van der Waals surface area contributed by atoms with Crippen molar-refractivity contribution in [2.24, 2.45) is 0 Å². The Morgan fingerprint density at radius 2 is 2.15 bits per heavy atom. The van der Waals surface area contributed by atoms with Crippen LogP contribution in [0, 0.1) is 16.2 Å². The van der Waals surface area contributed by atoms with Crippen LogP contribution in [0.3, 0.4) is 0 Å². The van der Waals surface area contributed by atoms with Gasteiger partial charge < -0.3 is 0 Å². The Morgan fingerprint density at radius 3 is 2.92 bits per heavy atom. The van der Waals surface area contributed by atoms with Crippen molar-refractivity contribution in [2.75, 3.05) is 0 Å². The molecule has 0 atom stereocenters. The van der Waals surface area contributed by atoms with E-state index in [4.69, 9.17) is 0 Å². The molecule has 2 aromatic carbocycles. The Morgan fingerprint density at radius 1 is 1.31 bits per heavy atom. The molecule has 0 unspecified atom stereocenters. The number of fused-ring (bicyclic) bond motifs is 1. The van der Waals surface area contributed by atoms with Crippen LogP contribution in [0.2, 0.25) is 0 Å². The minimum absolute atomic E-state index is 0.118. The molecule has 0 N–H and O–H groups in total. The number of benzene rings is 2. The van der Waals surface area contributed by atoms with Gasteiger partial charge >= 0.3 is 0 Å². The third kappa shape index (κ3) is 1.36. The third-order valence-electron chi connectivity index (χ3n) is 1.86. The summed E-state index contributed by atoms with van der Waals surface area (Å²) in [5, 5.41) is 12.2. The molecule has 3 nitrogen and oxygen atoms in total. The zero-order valence-electron chi connectivity index (χ0n) is 6.73. The molecule has 0 spiro atoms. The van der Waals surface area contributed by atoms with Gasteiger partial charge in [-0.3, -0.25) is 10.1 Å². The molecule has 0 aliphatic heterocycles. The average molecular weight is 172 g/mol. The number of rotatable bonds is 1. The van der Waals surface area contributed by atoms with E-state index in [1.807, 2.05) is 12.1 Å². The van der Waals surface area contributed by atoms with E-state index in [1.54, 1.807) is 18.2 Å². The molecule has 2 rings (SSSR count). The summed E-state index contributed by atoms with van der Waals surface area (Å²) in [4.78, 5) is 10.0. The molecule has 0 aliphatic carbocycles. The Balaban J connectivity index is 2.69. The average Bonchev–Trinajstić information content (AvgIpc) is 2.17. The van der Waals surface area contributed by atoms with E-state index in [0.717, 1.165) is 10.8 Å². The second kappa shape index (κ2) is 2.86. The molecule has 0 bridgehead atoms. The molecule has 63 valence electrons. The lowest BCUT2D eigenvalue weighted by atomic mass is 10.1. The molecule has 0 amide bonds. The van der Waals surface area contributed by atoms with Gasteiger partial charge in [-0.25, -0.2) is 0 Å². The summed E-state index contributed by atoms with van der Waals surface area (Å²) < 4.78 is 0. The molecule has 0 aromatic heterocycles. The van der Waals surface area contributed by atoms with Crippen molar-refractivity contribution in [3.63, 3.8) is 0 Å². The predicted octanol–water partition coefficient (Wildman–Crippen LogP) is 2.55. The van der Waals surface area contributed by atoms with Crippen molar-refractivity contribution in [1.82, 2.24) is 0 Å². The molecule has 0 aliphatic rings. The van der Waals surface area contributed by atoms with Crippen molar-refractivity contribution in [3.05, 3.63) is 52.6 Å². The second-order valence-corrected chi connectivity index (χ2v) is 2.70. The third-order valence-corrected chi connectivity index (χ3v) is 1.86. The number of nitro benzene ring substituents is 1. The van der Waals surface area contributed by atoms with Crippen LogP contribution in [-0.4, -0.2) is 4.92 Å². The monoisotopic (exact) mass is 172 g/mol. The van der Waals surface area contributed by atoms with E-state index >= 15 is 0 Å². The summed E-state index contributed by atoms with van der Waals surface area (Å²) in [5.74, 6) is 0. The Hall–Kier alpha value is -1.90. The number of non-ortho nitro benzene ring substituents is 1.